The van der Waals surface area contributed by atoms with Gasteiger partial charge in [-0.1, -0.05) is 23.7 Å². The van der Waals surface area contributed by atoms with Crippen LogP contribution in [0, 0.1) is 0 Å². The van der Waals surface area contributed by atoms with E-state index in [4.69, 9.17) is 21.3 Å². The Kier molecular flexibility index (Phi) is 4.97. The maximum Gasteiger partial charge on any atom is 0.255 e. The van der Waals surface area contributed by atoms with Crippen LogP contribution in [0.15, 0.2) is 53.3 Å². The molecule has 1 aliphatic heterocycles. The number of ether oxygens (including phenoxy) is 1. The number of aromatic nitrogens is 2. The molecule has 0 unspecified atom stereocenters. The molecule has 0 bridgehead atoms. The normalized spacial score (nSPS) is 14.0. The number of rotatable bonds is 4. The van der Waals surface area contributed by atoms with Crippen molar-refractivity contribution < 1.29 is 4.74 Å². The lowest BCUT2D eigenvalue weighted by Gasteiger charge is -2.27. The van der Waals surface area contributed by atoms with Gasteiger partial charge < -0.3 is 9.72 Å². The van der Waals surface area contributed by atoms with Crippen LogP contribution in [0.25, 0.3) is 11.4 Å². The molecule has 138 valence electrons. The average molecular weight is 382 g/mol. The highest BCUT2D eigenvalue weighted by Crippen LogP contribution is 2.22. The third-order valence-electron chi connectivity index (χ3n) is 4.83. The molecule has 0 saturated carbocycles. The topological polar surface area (TPSA) is 58.2 Å². The van der Waals surface area contributed by atoms with Gasteiger partial charge in [0.2, 0.25) is 0 Å². The van der Waals surface area contributed by atoms with Gasteiger partial charge in [-0.15, -0.1) is 0 Å². The lowest BCUT2D eigenvalue weighted by molar-refractivity contribution is 0.242. The maximum absolute atomic E-state index is 12.6. The molecule has 4 rings (SSSR count). The number of aromatic amines is 1. The number of halogens is 1. The van der Waals surface area contributed by atoms with Gasteiger partial charge >= 0.3 is 0 Å². The van der Waals surface area contributed by atoms with Gasteiger partial charge in [0.1, 0.15) is 11.6 Å². The van der Waals surface area contributed by atoms with Crippen LogP contribution in [-0.2, 0) is 19.5 Å². The van der Waals surface area contributed by atoms with E-state index in [0.717, 1.165) is 42.1 Å². The molecular formula is C21H20ClN3O2. The minimum atomic E-state index is -0.0654. The van der Waals surface area contributed by atoms with Crippen molar-refractivity contribution in [3.05, 3.63) is 80.7 Å². The van der Waals surface area contributed by atoms with Gasteiger partial charge in [0.25, 0.3) is 5.56 Å². The molecule has 6 heteroatoms. The van der Waals surface area contributed by atoms with Crippen molar-refractivity contribution in [2.75, 3.05) is 13.7 Å². The molecule has 2 heterocycles. The van der Waals surface area contributed by atoms with Gasteiger partial charge in [0.05, 0.1) is 18.4 Å². The van der Waals surface area contributed by atoms with E-state index < -0.39 is 0 Å². The standard InChI is InChI=1S/C21H20ClN3O2/c1-27-17-8-2-14(3-9-17)12-25-11-10-19-18(13-25)21(26)24-20(23-19)15-4-6-16(22)7-5-15/h2-9H,10-13H2,1H3,(H,23,24,26). The SMILES string of the molecule is COc1ccc(CN2CCc3nc(-c4ccc(Cl)cc4)[nH]c(=O)c3C2)cc1. The fourth-order valence-electron chi connectivity index (χ4n) is 3.35. The number of benzene rings is 2. The highest BCUT2D eigenvalue weighted by molar-refractivity contribution is 6.30. The van der Waals surface area contributed by atoms with Crippen LogP contribution in [0.2, 0.25) is 5.02 Å². The molecule has 1 aromatic heterocycles. The van der Waals surface area contributed by atoms with Crippen LogP contribution >= 0.6 is 11.6 Å². The molecular weight excluding hydrogens is 362 g/mol. The first-order valence-corrected chi connectivity index (χ1v) is 9.23. The zero-order valence-electron chi connectivity index (χ0n) is 15.0. The molecule has 2 aromatic carbocycles. The van der Waals surface area contributed by atoms with Gasteiger partial charge in [0, 0.05) is 36.6 Å². The van der Waals surface area contributed by atoms with E-state index in [1.165, 1.54) is 5.56 Å². The lowest BCUT2D eigenvalue weighted by atomic mass is 10.1. The highest BCUT2D eigenvalue weighted by Gasteiger charge is 2.21. The Morgan fingerprint density at radius 3 is 2.59 bits per heavy atom. The largest absolute Gasteiger partial charge is 0.497 e. The van der Waals surface area contributed by atoms with E-state index in [9.17, 15) is 4.79 Å². The summed E-state index contributed by atoms with van der Waals surface area (Å²) in [6.07, 6.45) is 0.760. The maximum atomic E-state index is 12.6. The van der Waals surface area contributed by atoms with Crippen molar-refractivity contribution in [2.24, 2.45) is 0 Å². The summed E-state index contributed by atoms with van der Waals surface area (Å²) in [6.45, 7) is 2.27. The van der Waals surface area contributed by atoms with Crippen LogP contribution < -0.4 is 10.3 Å². The summed E-state index contributed by atoms with van der Waals surface area (Å²) in [5.74, 6) is 1.44. The number of hydrogen-bond acceptors (Lipinski definition) is 4. The summed E-state index contributed by atoms with van der Waals surface area (Å²) >= 11 is 5.94. The predicted octanol–water partition coefficient (Wildman–Crippen LogP) is 3.66. The lowest BCUT2D eigenvalue weighted by Crippen LogP contribution is -2.35. The van der Waals surface area contributed by atoms with E-state index in [0.29, 0.717) is 17.4 Å². The van der Waals surface area contributed by atoms with E-state index in [1.54, 1.807) is 19.2 Å². The summed E-state index contributed by atoms with van der Waals surface area (Å²) < 4.78 is 5.20. The predicted molar refractivity (Wildman–Crippen MR) is 106 cm³/mol. The third kappa shape index (κ3) is 3.89. The monoisotopic (exact) mass is 381 g/mol. The first-order valence-electron chi connectivity index (χ1n) is 8.85. The summed E-state index contributed by atoms with van der Waals surface area (Å²) in [6, 6.07) is 15.4. The van der Waals surface area contributed by atoms with Crippen LogP contribution in [0.4, 0.5) is 0 Å². The molecule has 5 nitrogen and oxygen atoms in total. The molecule has 0 atom stereocenters. The van der Waals surface area contributed by atoms with Crippen molar-refractivity contribution in [1.29, 1.82) is 0 Å². The quantitative estimate of drug-likeness (QED) is 0.749. The second kappa shape index (κ2) is 7.55. The molecule has 1 N–H and O–H groups in total. The van der Waals surface area contributed by atoms with Crippen LogP contribution in [0.3, 0.4) is 0 Å². The summed E-state index contributed by atoms with van der Waals surface area (Å²) in [4.78, 5) is 22.5. The van der Waals surface area contributed by atoms with E-state index in [1.807, 2.05) is 24.3 Å². The molecule has 0 radical (unpaired) electrons. The highest BCUT2D eigenvalue weighted by atomic mass is 35.5. The zero-order valence-corrected chi connectivity index (χ0v) is 15.8. The summed E-state index contributed by atoms with van der Waals surface area (Å²) in [5, 5.41) is 0.660. The molecule has 0 amide bonds. The Balaban J connectivity index is 1.54. The minimum absolute atomic E-state index is 0.0654. The smallest absolute Gasteiger partial charge is 0.255 e. The number of hydrogen-bond donors (Lipinski definition) is 1. The Bertz CT molecular complexity index is 997. The van der Waals surface area contributed by atoms with Crippen LogP contribution in [-0.4, -0.2) is 28.5 Å². The fraction of sp³-hybridized carbons (Fsp3) is 0.238. The van der Waals surface area contributed by atoms with Crippen molar-refractivity contribution in [2.45, 2.75) is 19.5 Å². The molecule has 0 saturated heterocycles. The van der Waals surface area contributed by atoms with E-state index >= 15 is 0 Å². The molecule has 0 aliphatic carbocycles. The van der Waals surface area contributed by atoms with Crippen molar-refractivity contribution >= 4 is 11.6 Å². The second-order valence-electron chi connectivity index (χ2n) is 6.66. The minimum Gasteiger partial charge on any atom is -0.497 e. The summed E-state index contributed by atoms with van der Waals surface area (Å²) in [7, 11) is 1.66. The molecule has 0 spiro atoms. The molecule has 3 aromatic rings. The molecule has 0 fully saturated rings. The molecule has 27 heavy (non-hydrogen) atoms. The number of fused-ring (bicyclic) bond motifs is 1. The van der Waals surface area contributed by atoms with E-state index in [2.05, 4.69) is 22.0 Å². The van der Waals surface area contributed by atoms with Crippen LogP contribution in [0.5, 0.6) is 5.75 Å². The number of nitrogens with one attached hydrogen (secondary N) is 1. The first kappa shape index (κ1) is 17.8. The second-order valence-corrected chi connectivity index (χ2v) is 7.09. The van der Waals surface area contributed by atoms with Gasteiger partial charge in [-0.3, -0.25) is 9.69 Å². The third-order valence-corrected chi connectivity index (χ3v) is 5.08. The average Bonchev–Trinajstić information content (AvgIpc) is 2.69. The van der Waals surface area contributed by atoms with Gasteiger partial charge in [-0.2, -0.15) is 0 Å². The van der Waals surface area contributed by atoms with Crippen molar-refractivity contribution in [3.8, 4) is 17.1 Å². The number of H-pyrrole nitrogens is 1. The van der Waals surface area contributed by atoms with E-state index in [-0.39, 0.29) is 5.56 Å². The first-order chi connectivity index (χ1) is 13.1. The van der Waals surface area contributed by atoms with Gasteiger partial charge in [-0.25, -0.2) is 4.98 Å². The van der Waals surface area contributed by atoms with Gasteiger partial charge in [0.15, 0.2) is 0 Å². The Labute approximate surface area is 162 Å². The summed E-state index contributed by atoms with van der Waals surface area (Å²) in [5.41, 5.74) is 3.63. The van der Waals surface area contributed by atoms with Crippen molar-refractivity contribution in [3.63, 3.8) is 0 Å². The van der Waals surface area contributed by atoms with Gasteiger partial charge in [-0.05, 0) is 42.0 Å². The Hall–Kier alpha value is -2.63. The number of nitrogens with zero attached hydrogens (tertiary/aromatic N) is 2. The Morgan fingerprint density at radius 1 is 1.15 bits per heavy atom. The number of methoxy groups -OCH3 is 1. The van der Waals surface area contributed by atoms with Crippen LogP contribution in [0.1, 0.15) is 16.8 Å². The fourth-order valence-corrected chi connectivity index (χ4v) is 3.48. The molecule has 1 aliphatic rings. The van der Waals surface area contributed by atoms with Crippen molar-refractivity contribution in [1.82, 2.24) is 14.9 Å². The Morgan fingerprint density at radius 2 is 1.89 bits per heavy atom. The zero-order chi connectivity index (χ0) is 18.8.